The zero-order chi connectivity index (χ0) is 15.3. The molecule has 2 N–H and O–H groups in total. The standard InChI is InChI=1S/C12H16Cl2N2O4/c1-3-15-6-12(2,17)7-20-11-5-9(14)8(13)4-10(11)16(18)19/h4-5,15,17H,3,6-7H2,1-2H3. The number of nitro benzene ring substituents is 1. The van der Waals surface area contributed by atoms with E-state index in [0.29, 0.717) is 13.1 Å². The van der Waals surface area contributed by atoms with E-state index in [4.69, 9.17) is 27.9 Å². The van der Waals surface area contributed by atoms with E-state index >= 15 is 0 Å². The second kappa shape index (κ2) is 7.08. The first-order valence-electron chi connectivity index (χ1n) is 5.96. The van der Waals surface area contributed by atoms with E-state index in [9.17, 15) is 15.2 Å². The minimum absolute atomic E-state index is 0.0267. The quantitative estimate of drug-likeness (QED) is 0.595. The molecular weight excluding hydrogens is 307 g/mol. The average molecular weight is 323 g/mol. The lowest BCUT2D eigenvalue weighted by Crippen LogP contribution is -2.42. The first-order valence-corrected chi connectivity index (χ1v) is 6.72. The van der Waals surface area contributed by atoms with Crippen LogP contribution in [0.3, 0.4) is 0 Å². The highest BCUT2D eigenvalue weighted by molar-refractivity contribution is 6.42. The van der Waals surface area contributed by atoms with E-state index in [1.807, 2.05) is 6.92 Å². The van der Waals surface area contributed by atoms with Gasteiger partial charge in [-0.15, -0.1) is 0 Å². The van der Waals surface area contributed by atoms with E-state index < -0.39 is 10.5 Å². The normalized spacial score (nSPS) is 13.8. The number of nitrogens with one attached hydrogen (secondary N) is 1. The third-order valence-electron chi connectivity index (χ3n) is 2.49. The molecule has 0 spiro atoms. The monoisotopic (exact) mass is 322 g/mol. The summed E-state index contributed by atoms with van der Waals surface area (Å²) in [5, 5.41) is 24.2. The van der Waals surface area contributed by atoms with Crippen LogP contribution >= 0.6 is 23.2 Å². The van der Waals surface area contributed by atoms with Gasteiger partial charge in [-0.25, -0.2) is 0 Å². The summed E-state index contributed by atoms with van der Waals surface area (Å²) in [6.07, 6.45) is 0. The van der Waals surface area contributed by atoms with E-state index in [1.165, 1.54) is 6.07 Å². The maximum absolute atomic E-state index is 10.9. The van der Waals surface area contributed by atoms with Crippen LogP contribution in [0.5, 0.6) is 5.75 Å². The van der Waals surface area contributed by atoms with Crippen molar-refractivity contribution >= 4 is 28.9 Å². The maximum Gasteiger partial charge on any atom is 0.312 e. The lowest BCUT2D eigenvalue weighted by molar-refractivity contribution is -0.386. The highest BCUT2D eigenvalue weighted by atomic mass is 35.5. The molecule has 0 fully saturated rings. The molecule has 0 saturated carbocycles. The molecule has 8 heteroatoms. The van der Waals surface area contributed by atoms with Crippen molar-refractivity contribution < 1.29 is 14.8 Å². The van der Waals surface area contributed by atoms with Gasteiger partial charge in [0.15, 0.2) is 5.75 Å². The lowest BCUT2D eigenvalue weighted by Gasteiger charge is -2.23. The molecule has 1 aromatic rings. The predicted molar refractivity (Wildman–Crippen MR) is 77.8 cm³/mol. The topological polar surface area (TPSA) is 84.6 Å². The molecule has 20 heavy (non-hydrogen) atoms. The van der Waals surface area contributed by atoms with Gasteiger partial charge in [0.2, 0.25) is 0 Å². The van der Waals surface area contributed by atoms with Gasteiger partial charge < -0.3 is 15.2 Å². The number of aliphatic hydroxyl groups is 1. The summed E-state index contributed by atoms with van der Waals surface area (Å²) in [5.41, 5.74) is -1.45. The fourth-order valence-electron chi connectivity index (χ4n) is 1.45. The number of benzene rings is 1. The summed E-state index contributed by atoms with van der Waals surface area (Å²) in [4.78, 5) is 10.3. The zero-order valence-corrected chi connectivity index (χ0v) is 12.7. The molecule has 0 aliphatic heterocycles. The van der Waals surface area contributed by atoms with Crippen molar-refractivity contribution in [3.05, 3.63) is 32.3 Å². The number of hydrogen-bond donors (Lipinski definition) is 2. The molecule has 0 aromatic heterocycles. The van der Waals surface area contributed by atoms with Gasteiger partial charge in [-0.05, 0) is 13.5 Å². The molecular formula is C12H16Cl2N2O4. The molecule has 1 rings (SSSR count). The van der Waals surface area contributed by atoms with Crippen molar-refractivity contribution in [1.82, 2.24) is 5.32 Å². The summed E-state index contributed by atoms with van der Waals surface area (Å²) < 4.78 is 5.32. The molecule has 0 radical (unpaired) electrons. The highest BCUT2D eigenvalue weighted by Crippen LogP contribution is 2.35. The van der Waals surface area contributed by atoms with E-state index in [0.717, 1.165) is 6.07 Å². The van der Waals surface area contributed by atoms with Crippen LogP contribution in [-0.4, -0.2) is 35.3 Å². The number of ether oxygens (including phenoxy) is 1. The van der Waals surface area contributed by atoms with E-state index in [-0.39, 0.29) is 28.1 Å². The second-order valence-corrected chi connectivity index (χ2v) is 5.37. The molecule has 1 aromatic carbocycles. The van der Waals surface area contributed by atoms with Crippen molar-refractivity contribution in [3.8, 4) is 5.75 Å². The van der Waals surface area contributed by atoms with Crippen LogP contribution in [0, 0.1) is 10.1 Å². The summed E-state index contributed by atoms with van der Waals surface area (Å²) in [6.45, 7) is 4.36. The summed E-state index contributed by atoms with van der Waals surface area (Å²) in [7, 11) is 0. The van der Waals surface area contributed by atoms with Gasteiger partial charge in [0.25, 0.3) is 0 Å². The largest absolute Gasteiger partial charge is 0.484 e. The minimum atomic E-state index is -1.16. The highest BCUT2D eigenvalue weighted by Gasteiger charge is 2.24. The minimum Gasteiger partial charge on any atom is -0.484 e. The third-order valence-corrected chi connectivity index (χ3v) is 3.22. The SMILES string of the molecule is CCNCC(C)(O)COc1cc(Cl)c(Cl)cc1[N+](=O)[O-]. The third kappa shape index (κ3) is 4.79. The average Bonchev–Trinajstić information content (AvgIpc) is 2.37. The van der Waals surface area contributed by atoms with E-state index in [1.54, 1.807) is 6.92 Å². The van der Waals surface area contributed by atoms with Crippen LogP contribution in [0.1, 0.15) is 13.8 Å². The van der Waals surface area contributed by atoms with Gasteiger partial charge in [-0.3, -0.25) is 10.1 Å². The second-order valence-electron chi connectivity index (χ2n) is 4.56. The predicted octanol–water partition coefficient (Wildman–Crippen LogP) is 2.64. The molecule has 0 heterocycles. The molecule has 112 valence electrons. The fourth-order valence-corrected chi connectivity index (χ4v) is 1.77. The van der Waals surface area contributed by atoms with Gasteiger partial charge in [0.05, 0.1) is 15.0 Å². The maximum atomic E-state index is 10.9. The van der Waals surface area contributed by atoms with Crippen molar-refractivity contribution in [2.45, 2.75) is 19.4 Å². The molecule has 0 amide bonds. The van der Waals surface area contributed by atoms with Gasteiger partial charge in [-0.1, -0.05) is 30.1 Å². The van der Waals surface area contributed by atoms with Crippen LogP contribution in [0.25, 0.3) is 0 Å². The fraction of sp³-hybridized carbons (Fsp3) is 0.500. The van der Waals surface area contributed by atoms with Gasteiger partial charge in [0.1, 0.15) is 12.2 Å². The van der Waals surface area contributed by atoms with Crippen molar-refractivity contribution in [3.63, 3.8) is 0 Å². The Balaban J connectivity index is 2.86. The number of hydrogen-bond acceptors (Lipinski definition) is 5. The lowest BCUT2D eigenvalue weighted by atomic mass is 10.1. The van der Waals surface area contributed by atoms with Gasteiger partial charge in [-0.2, -0.15) is 0 Å². The smallest absolute Gasteiger partial charge is 0.312 e. The number of nitrogens with zero attached hydrogens (tertiary/aromatic N) is 1. The molecule has 1 unspecified atom stereocenters. The Bertz CT molecular complexity index is 495. The Morgan fingerprint density at radius 3 is 2.60 bits per heavy atom. The Kier molecular flexibility index (Phi) is 6.01. The van der Waals surface area contributed by atoms with Gasteiger partial charge in [0, 0.05) is 18.7 Å². The number of nitro groups is 1. The Hall–Kier alpha value is -1.08. The summed E-state index contributed by atoms with van der Waals surface area (Å²) in [5.74, 6) is -0.0267. The first kappa shape index (κ1) is 17.0. The summed E-state index contributed by atoms with van der Waals surface area (Å²) in [6, 6.07) is 2.39. The Labute approximate surface area is 126 Å². The number of likely N-dealkylation sites (N-methyl/N-ethyl adjacent to an activating group) is 1. The van der Waals surface area contributed by atoms with Crippen molar-refractivity contribution in [2.75, 3.05) is 19.7 Å². The van der Waals surface area contributed by atoms with Crippen molar-refractivity contribution in [1.29, 1.82) is 0 Å². The van der Waals surface area contributed by atoms with Gasteiger partial charge >= 0.3 is 5.69 Å². The van der Waals surface area contributed by atoms with Crippen LogP contribution in [0.4, 0.5) is 5.69 Å². The molecule has 0 saturated heterocycles. The number of halogens is 2. The number of rotatable bonds is 7. The molecule has 6 nitrogen and oxygen atoms in total. The van der Waals surface area contributed by atoms with Crippen LogP contribution in [0.15, 0.2) is 12.1 Å². The molecule has 1 atom stereocenters. The molecule has 0 bridgehead atoms. The van der Waals surface area contributed by atoms with Crippen LogP contribution < -0.4 is 10.1 Å². The Morgan fingerprint density at radius 2 is 2.05 bits per heavy atom. The van der Waals surface area contributed by atoms with Crippen LogP contribution in [-0.2, 0) is 0 Å². The van der Waals surface area contributed by atoms with Crippen molar-refractivity contribution in [2.24, 2.45) is 0 Å². The Morgan fingerprint density at radius 1 is 1.45 bits per heavy atom. The van der Waals surface area contributed by atoms with Crippen LogP contribution in [0.2, 0.25) is 10.0 Å². The molecule has 0 aliphatic rings. The first-order chi connectivity index (χ1) is 9.26. The molecule has 0 aliphatic carbocycles. The summed E-state index contributed by atoms with van der Waals surface area (Å²) >= 11 is 11.6. The van der Waals surface area contributed by atoms with E-state index in [2.05, 4.69) is 5.32 Å². The zero-order valence-electron chi connectivity index (χ0n) is 11.2.